The lowest BCUT2D eigenvalue weighted by molar-refractivity contribution is -0.113. The highest BCUT2D eigenvalue weighted by molar-refractivity contribution is 8.19. The molecular formula is C19H13ClN2O4S. The van der Waals surface area contributed by atoms with Crippen molar-refractivity contribution in [3.05, 3.63) is 58.0 Å². The Balaban J connectivity index is 1.87. The predicted octanol–water partition coefficient (Wildman–Crippen LogP) is 4.49. The summed E-state index contributed by atoms with van der Waals surface area (Å²) in [4.78, 5) is 26.3. The molecule has 136 valence electrons. The summed E-state index contributed by atoms with van der Waals surface area (Å²) in [6.07, 6.45) is 1.61. The van der Waals surface area contributed by atoms with Crippen LogP contribution >= 0.6 is 23.4 Å². The van der Waals surface area contributed by atoms with Crippen LogP contribution in [0.3, 0.4) is 0 Å². The van der Waals surface area contributed by atoms with Crippen LogP contribution in [-0.2, 0) is 4.79 Å². The molecule has 0 bridgehead atoms. The normalized spacial score (nSPS) is 15.1. The van der Waals surface area contributed by atoms with Gasteiger partial charge in [-0.25, -0.2) is 4.90 Å². The molecule has 0 atom stereocenters. The molecule has 1 aliphatic heterocycles. The number of rotatable bonds is 5. The molecule has 1 fully saturated rings. The topological polar surface area (TPSA) is 79.6 Å². The Labute approximate surface area is 164 Å². The van der Waals surface area contributed by atoms with Crippen molar-refractivity contribution in [3.63, 3.8) is 0 Å². The molecule has 2 aromatic rings. The van der Waals surface area contributed by atoms with Gasteiger partial charge in [-0.1, -0.05) is 17.7 Å². The molecule has 2 aromatic carbocycles. The zero-order valence-corrected chi connectivity index (χ0v) is 15.7. The minimum atomic E-state index is -0.406. The average Bonchev–Trinajstić information content (AvgIpc) is 2.94. The van der Waals surface area contributed by atoms with Crippen LogP contribution in [0.2, 0.25) is 5.02 Å². The maximum atomic E-state index is 12.7. The van der Waals surface area contributed by atoms with Crippen LogP contribution in [-0.4, -0.2) is 24.9 Å². The Bertz CT molecular complexity index is 967. The van der Waals surface area contributed by atoms with E-state index < -0.39 is 5.91 Å². The van der Waals surface area contributed by atoms with Gasteiger partial charge in [0.25, 0.3) is 11.1 Å². The summed E-state index contributed by atoms with van der Waals surface area (Å²) < 4.78 is 10.5. The van der Waals surface area contributed by atoms with Crippen molar-refractivity contribution in [1.82, 2.24) is 0 Å². The van der Waals surface area contributed by atoms with Gasteiger partial charge < -0.3 is 9.47 Å². The monoisotopic (exact) mass is 400 g/mol. The third kappa shape index (κ3) is 4.08. The van der Waals surface area contributed by atoms with E-state index in [-0.39, 0.29) is 11.8 Å². The van der Waals surface area contributed by atoms with E-state index in [4.69, 9.17) is 26.3 Å². The first-order valence-electron chi connectivity index (χ1n) is 7.75. The van der Waals surface area contributed by atoms with Gasteiger partial charge in [0.15, 0.2) is 18.1 Å². The molecule has 2 amide bonds. The van der Waals surface area contributed by atoms with Crippen LogP contribution in [0, 0.1) is 11.3 Å². The van der Waals surface area contributed by atoms with Crippen molar-refractivity contribution in [2.24, 2.45) is 0 Å². The highest BCUT2D eigenvalue weighted by Crippen LogP contribution is 2.37. The standard InChI is InChI=1S/C19H13ClN2O4S/c1-25-16-10-12(2-7-15(16)26-9-8-21)11-17-18(23)22(19(24)27-17)14-5-3-13(20)4-6-14/h2-7,10-11H,9H2,1H3. The first kappa shape index (κ1) is 18.8. The van der Waals surface area contributed by atoms with Crippen molar-refractivity contribution in [2.45, 2.75) is 0 Å². The number of imide groups is 1. The Morgan fingerprint density at radius 1 is 1.19 bits per heavy atom. The van der Waals surface area contributed by atoms with E-state index in [1.807, 2.05) is 6.07 Å². The SMILES string of the molecule is COc1cc(C=C2SC(=O)N(c3ccc(Cl)cc3)C2=O)ccc1OCC#N. The molecule has 0 radical (unpaired) electrons. The van der Waals surface area contributed by atoms with Crippen molar-refractivity contribution in [1.29, 1.82) is 5.26 Å². The minimum absolute atomic E-state index is 0.102. The highest BCUT2D eigenvalue weighted by atomic mass is 35.5. The molecule has 0 N–H and O–H groups in total. The van der Waals surface area contributed by atoms with Crippen LogP contribution in [0.25, 0.3) is 6.08 Å². The van der Waals surface area contributed by atoms with Gasteiger partial charge in [0.2, 0.25) is 0 Å². The van der Waals surface area contributed by atoms with Gasteiger partial charge in [0.1, 0.15) is 6.07 Å². The number of methoxy groups -OCH3 is 1. The molecule has 6 nitrogen and oxygen atoms in total. The first-order valence-corrected chi connectivity index (χ1v) is 8.94. The van der Waals surface area contributed by atoms with E-state index in [0.29, 0.717) is 32.7 Å². The third-order valence-corrected chi connectivity index (χ3v) is 4.78. The molecule has 1 heterocycles. The van der Waals surface area contributed by atoms with Gasteiger partial charge in [0, 0.05) is 5.02 Å². The molecule has 27 heavy (non-hydrogen) atoms. The zero-order valence-electron chi connectivity index (χ0n) is 14.1. The maximum Gasteiger partial charge on any atom is 0.298 e. The van der Waals surface area contributed by atoms with Gasteiger partial charge in [-0.2, -0.15) is 5.26 Å². The summed E-state index contributed by atoms with van der Waals surface area (Å²) in [7, 11) is 1.48. The number of nitriles is 1. The van der Waals surface area contributed by atoms with Crippen molar-refractivity contribution in [2.75, 3.05) is 18.6 Å². The number of carbonyl (C=O) groups excluding carboxylic acids is 2. The fourth-order valence-electron chi connectivity index (χ4n) is 2.44. The van der Waals surface area contributed by atoms with Gasteiger partial charge in [0.05, 0.1) is 17.7 Å². The number of anilines is 1. The van der Waals surface area contributed by atoms with E-state index in [9.17, 15) is 9.59 Å². The Morgan fingerprint density at radius 2 is 1.93 bits per heavy atom. The van der Waals surface area contributed by atoms with Gasteiger partial charge in [-0.05, 0) is 59.8 Å². The van der Waals surface area contributed by atoms with Gasteiger partial charge in [-0.3, -0.25) is 9.59 Å². The average molecular weight is 401 g/mol. The smallest absolute Gasteiger partial charge is 0.298 e. The zero-order chi connectivity index (χ0) is 19.4. The van der Waals surface area contributed by atoms with Crippen molar-refractivity contribution < 1.29 is 19.1 Å². The second-order valence-corrected chi connectivity index (χ2v) is 6.78. The molecule has 1 saturated heterocycles. The molecule has 1 aliphatic rings. The number of hydrogen-bond donors (Lipinski definition) is 0. The number of thioether (sulfide) groups is 1. The molecular weight excluding hydrogens is 388 g/mol. The molecule has 0 unspecified atom stereocenters. The second kappa shape index (κ2) is 8.16. The van der Waals surface area contributed by atoms with E-state index in [0.717, 1.165) is 16.7 Å². The van der Waals surface area contributed by atoms with E-state index in [1.54, 1.807) is 48.5 Å². The summed E-state index contributed by atoms with van der Waals surface area (Å²) in [5.41, 5.74) is 1.13. The van der Waals surface area contributed by atoms with Gasteiger partial charge in [-0.15, -0.1) is 0 Å². The maximum absolute atomic E-state index is 12.7. The summed E-state index contributed by atoms with van der Waals surface area (Å²) in [6, 6.07) is 13.4. The number of benzene rings is 2. The molecule has 0 saturated carbocycles. The molecule has 8 heteroatoms. The van der Waals surface area contributed by atoms with Crippen LogP contribution in [0.5, 0.6) is 11.5 Å². The van der Waals surface area contributed by atoms with Crippen LogP contribution < -0.4 is 14.4 Å². The fourth-order valence-corrected chi connectivity index (χ4v) is 3.40. The van der Waals surface area contributed by atoms with Crippen molar-refractivity contribution in [3.8, 4) is 17.6 Å². The summed E-state index contributed by atoms with van der Waals surface area (Å²) in [6.45, 7) is -0.102. The number of nitrogens with zero attached hydrogens (tertiary/aromatic N) is 2. The largest absolute Gasteiger partial charge is 0.493 e. The Morgan fingerprint density at radius 3 is 2.59 bits per heavy atom. The number of carbonyl (C=O) groups is 2. The number of amides is 2. The highest BCUT2D eigenvalue weighted by Gasteiger charge is 2.36. The van der Waals surface area contributed by atoms with Crippen LogP contribution in [0.1, 0.15) is 5.56 Å². The number of hydrogen-bond acceptors (Lipinski definition) is 6. The van der Waals surface area contributed by atoms with E-state index in [2.05, 4.69) is 0 Å². The van der Waals surface area contributed by atoms with E-state index in [1.165, 1.54) is 7.11 Å². The number of ether oxygens (including phenoxy) is 2. The summed E-state index contributed by atoms with van der Waals surface area (Å²) in [5, 5.41) is 8.75. The Kier molecular flexibility index (Phi) is 5.69. The van der Waals surface area contributed by atoms with Crippen LogP contribution in [0.15, 0.2) is 47.4 Å². The fraction of sp³-hybridized carbons (Fsp3) is 0.105. The quantitative estimate of drug-likeness (QED) is 0.688. The number of halogens is 1. The Hall–Kier alpha value is -2.95. The third-order valence-electron chi connectivity index (χ3n) is 3.66. The minimum Gasteiger partial charge on any atom is -0.493 e. The predicted molar refractivity (Wildman–Crippen MR) is 104 cm³/mol. The van der Waals surface area contributed by atoms with Gasteiger partial charge >= 0.3 is 0 Å². The molecule has 0 aromatic heterocycles. The molecule has 0 aliphatic carbocycles. The lowest BCUT2D eigenvalue weighted by Gasteiger charge is -2.12. The first-order chi connectivity index (χ1) is 13.0. The lowest BCUT2D eigenvalue weighted by atomic mass is 10.2. The van der Waals surface area contributed by atoms with E-state index >= 15 is 0 Å². The van der Waals surface area contributed by atoms with Crippen LogP contribution in [0.4, 0.5) is 10.5 Å². The lowest BCUT2D eigenvalue weighted by Crippen LogP contribution is -2.27. The second-order valence-electron chi connectivity index (χ2n) is 5.35. The molecule has 0 spiro atoms. The summed E-state index contributed by atoms with van der Waals surface area (Å²) in [5.74, 6) is 0.442. The summed E-state index contributed by atoms with van der Waals surface area (Å²) >= 11 is 6.71. The van der Waals surface area contributed by atoms with Crippen molar-refractivity contribution >= 4 is 46.3 Å². The molecule has 3 rings (SSSR count).